The number of rotatable bonds is 4. The van der Waals surface area contributed by atoms with Crippen LogP contribution in [0.2, 0.25) is 5.02 Å². The smallest absolute Gasteiger partial charge is 0.859 e. The number of hydrogen-bond acceptors (Lipinski definition) is 4. The standard InChI is InChI=1S/C16H12ClN3OS.K/c17-11-6-8-13(9-7-11)19-15(21)14(10-18)16(22)20-12-4-2-1-3-5-12;/h1-9,19,21H,(H,20,22);/q;+1/p-1/b15-14-;. The van der Waals surface area contributed by atoms with Crippen molar-refractivity contribution in [2.75, 3.05) is 10.6 Å². The van der Waals surface area contributed by atoms with Gasteiger partial charge in [-0.25, -0.2) is 0 Å². The first-order valence-electron chi connectivity index (χ1n) is 6.30. The van der Waals surface area contributed by atoms with Crippen LogP contribution in [0.4, 0.5) is 11.4 Å². The summed E-state index contributed by atoms with van der Waals surface area (Å²) >= 11 is 10.9. The van der Waals surface area contributed by atoms with Crippen LogP contribution in [0.25, 0.3) is 0 Å². The van der Waals surface area contributed by atoms with Crippen LogP contribution in [0.15, 0.2) is 66.1 Å². The number of thiocarbonyl (C=S) groups is 1. The number of benzene rings is 2. The summed E-state index contributed by atoms with van der Waals surface area (Å²) in [7, 11) is 0. The molecule has 23 heavy (non-hydrogen) atoms. The average molecular weight is 368 g/mol. The molecule has 0 saturated heterocycles. The first-order chi connectivity index (χ1) is 10.6. The van der Waals surface area contributed by atoms with Gasteiger partial charge in [-0.2, -0.15) is 5.26 Å². The SMILES string of the molecule is N#C/C(C(=S)Nc1ccccc1)=C(/[O-])Nc1ccc(Cl)cc1.[K+]. The van der Waals surface area contributed by atoms with E-state index in [0.717, 1.165) is 0 Å². The second-order valence-corrected chi connectivity index (χ2v) is 5.11. The molecule has 2 aromatic rings. The van der Waals surface area contributed by atoms with Crippen molar-refractivity contribution < 1.29 is 56.5 Å². The van der Waals surface area contributed by atoms with E-state index in [4.69, 9.17) is 23.8 Å². The number of nitrogens with one attached hydrogen (secondary N) is 2. The topological polar surface area (TPSA) is 70.9 Å². The van der Waals surface area contributed by atoms with E-state index in [9.17, 15) is 10.4 Å². The van der Waals surface area contributed by atoms with Crippen molar-refractivity contribution in [2.45, 2.75) is 0 Å². The summed E-state index contributed by atoms with van der Waals surface area (Å²) < 4.78 is 0. The van der Waals surface area contributed by atoms with Crippen LogP contribution in [0.5, 0.6) is 0 Å². The minimum Gasteiger partial charge on any atom is -0.859 e. The molecule has 0 amide bonds. The number of anilines is 2. The molecule has 2 rings (SSSR count). The molecule has 0 saturated carbocycles. The predicted octanol–water partition coefficient (Wildman–Crippen LogP) is 0.291. The summed E-state index contributed by atoms with van der Waals surface area (Å²) in [5.41, 5.74) is 1.08. The summed E-state index contributed by atoms with van der Waals surface area (Å²) in [6, 6.07) is 17.5. The van der Waals surface area contributed by atoms with Crippen molar-refractivity contribution in [3.05, 3.63) is 71.1 Å². The van der Waals surface area contributed by atoms with Crippen LogP contribution in [0, 0.1) is 11.3 Å². The van der Waals surface area contributed by atoms with Gasteiger partial charge in [-0.3, -0.25) is 0 Å². The van der Waals surface area contributed by atoms with Crippen molar-refractivity contribution in [3.8, 4) is 6.07 Å². The molecule has 0 bridgehead atoms. The molecule has 0 aliphatic carbocycles. The molecule has 0 heterocycles. The molecule has 0 aliphatic rings. The normalized spacial score (nSPS) is 10.6. The Morgan fingerprint density at radius 2 is 1.57 bits per heavy atom. The number of para-hydroxylation sites is 1. The minimum atomic E-state index is -0.571. The maximum atomic E-state index is 12.1. The fourth-order valence-corrected chi connectivity index (χ4v) is 2.03. The Morgan fingerprint density at radius 1 is 1.00 bits per heavy atom. The molecule has 110 valence electrons. The third kappa shape index (κ3) is 6.24. The first kappa shape index (κ1) is 20.1. The van der Waals surface area contributed by atoms with E-state index < -0.39 is 5.88 Å². The van der Waals surface area contributed by atoms with Gasteiger partial charge in [-0.1, -0.05) is 42.0 Å². The van der Waals surface area contributed by atoms with Crippen LogP contribution in [0.1, 0.15) is 0 Å². The Morgan fingerprint density at radius 3 is 2.13 bits per heavy atom. The average Bonchev–Trinajstić information content (AvgIpc) is 2.51. The molecule has 7 heteroatoms. The van der Waals surface area contributed by atoms with Crippen LogP contribution in [0.3, 0.4) is 0 Å². The van der Waals surface area contributed by atoms with E-state index in [-0.39, 0.29) is 61.9 Å². The zero-order chi connectivity index (χ0) is 15.9. The van der Waals surface area contributed by atoms with Crippen molar-refractivity contribution in [3.63, 3.8) is 0 Å². The molecular formula is C16H11ClKN3OS. The molecule has 4 nitrogen and oxygen atoms in total. The Hall–Kier alpha value is -0.914. The Balaban J connectivity index is 0.00000264. The summed E-state index contributed by atoms with van der Waals surface area (Å²) in [4.78, 5) is 0.0696. The van der Waals surface area contributed by atoms with E-state index in [2.05, 4.69) is 10.6 Å². The fourth-order valence-electron chi connectivity index (χ4n) is 1.65. The molecule has 2 N–H and O–H groups in total. The summed E-state index contributed by atoms with van der Waals surface area (Å²) in [6.07, 6.45) is 0. The van der Waals surface area contributed by atoms with Crippen LogP contribution in [-0.2, 0) is 0 Å². The number of hydrogen-bond donors (Lipinski definition) is 2. The summed E-state index contributed by atoms with van der Waals surface area (Å²) in [5.74, 6) is -0.571. The third-order valence-electron chi connectivity index (χ3n) is 2.70. The van der Waals surface area contributed by atoms with Gasteiger partial charge < -0.3 is 15.7 Å². The fraction of sp³-hybridized carbons (Fsp3) is 0. The van der Waals surface area contributed by atoms with Gasteiger partial charge in [0.15, 0.2) is 0 Å². The molecule has 0 atom stereocenters. The van der Waals surface area contributed by atoms with Gasteiger partial charge in [0.2, 0.25) is 0 Å². The van der Waals surface area contributed by atoms with Crippen LogP contribution in [-0.4, -0.2) is 4.99 Å². The number of nitriles is 1. The second kappa shape index (κ2) is 10.1. The van der Waals surface area contributed by atoms with E-state index in [0.29, 0.717) is 16.4 Å². The number of halogens is 1. The van der Waals surface area contributed by atoms with Gasteiger partial charge in [0.1, 0.15) is 11.1 Å². The maximum Gasteiger partial charge on any atom is 1.00 e. The van der Waals surface area contributed by atoms with E-state index in [1.54, 1.807) is 36.4 Å². The predicted molar refractivity (Wildman–Crippen MR) is 90.4 cm³/mol. The van der Waals surface area contributed by atoms with Gasteiger partial charge in [0.25, 0.3) is 0 Å². The van der Waals surface area contributed by atoms with Crippen LogP contribution >= 0.6 is 23.8 Å². The van der Waals surface area contributed by atoms with Gasteiger partial charge in [0, 0.05) is 16.4 Å². The van der Waals surface area contributed by atoms with E-state index >= 15 is 0 Å². The van der Waals surface area contributed by atoms with Crippen molar-refractivity contribution in [1.82, 2.24) is 0 Å². The summed E-state index contributed by atoms with van der Waals surface area (Å²) in [6.45, 7) is 0. The van der Waals surface area contributed by atoms with E-state index in [1.807, 2.05) is 24.3 Å². The van der Waals surface area contributed by atoms with Gasteiger partial charge in [-0.05, 0) is 42.3 Å². The molecular weight excluding hydrogens is 357 g/mol. The van der Waals surface area contributed by atoms with Crippen molar-refractivity contribution in [1.29, 1.82) is 5.26 Å². The molecule has 0 radical (unpaired) electrons. The minimum absolute atomic E-state index is 0. The monoisotopic (exact) mass is 367 g/mol. The van der Waals surface area contributed by atoms with Crippen LogP contribution < -0.4 is 67.1 Å². The molecule has 0 aliphatic heterocycles. The number of nitrogens with zero attached hydrogens (tertiary/aromatic N) is 1. The maximum absolute atomic E-state index is 12.1. The molecule has 0 aromatic heterocycles. The molecule has 0 fully saturated rings. The van der Waals surface area contributed by atoms with E-state index in [1.165, 1.54) is 0 Å². The second-order valence-electron chi connectivity index (χ2n) is 4.27. The molecule has 0 spiro atoms. The zero-order valence-corrected chi connectivity index (χ0v) is 17.0. The van der Waals surface area contributed by atoms with Gasteiger partial charge in [0.05, 0.1) is 5.57 Å². The largest absolute Gasteiger partial charge is 1.00 e. The summed E-state index contributed by atoms with van der Waals surface area (Å²) in [5, 5.41) is 27.3. The van der Waals surface area contributed by atoms with Gasteiger partial charge >= 0.3 is 51.4 Å². The molecule has 0 unspecified atom stereocenters. The van der Waals surface area contributed by atoms with Crippen molar-refractivity contribution >= 4 is 40.2 Å². The third-order valence-corrected chi connectivity index (χ3v) is 3.26. The zero-order valence-electron chi connectivity index (χ0n) is 12.3. The Kier molecular flexibility index (Phi) is 8.80. The Bertz CT molecular complexity index is 742. The van der Waals surface area contributed by atoms with Crippen molar-refractivity contribution in [2.24, 2.45) is 0 Å². The Labute approximate surface area is 187 Å². The molecule has 2 aromatic carbocycles. The first-order valence-corrected chi connectivity index (χ1v) is 7.09. The quantitative estimate of drug-likeness (QED) is 0.267. The van der Waals surface area contributed by atoms with Gasteiger partial charge in [-0.15, -0.1) is 0 Å².